The van der Waals surface area contributed by atoms with E-state index in [1.54, 1.807) is 65.2 Å². The Balaban J connectivity index is 1.54. The topological polar surface area (TPSA) is 54.5 Å². The molecule has 154 valence electrons. The Bertz CT molecular complexity index is 1190. The molecule has 0 saturated carbocycles. The number of rotatable bonds is 4. The fourth-order valence-electron chi connectivity index (χ4n) is 3.35. The first-order chi connectivity index (χ1) is 14.3. The minimum absolute atomic E-state index is 0.108. The van der Waals surface area contributed by atoms with Crippen LogP contribution < -0.4 is 4.90 Å². The Morgan fingerprint density at radius 2 is 1.73 bits per heavy atom. The summed E-state index contributed by atoms with van der Waals surface area (Å²) >= 11 is 7.83. The average molecular weight is 458 g/mol. The van der Waals surface area contributed by atoms with Gasteiger partial charge in [0.2, 0.25) is 0 Å². The number of carbonyl (C=O) groups excluding carboxylic acids is 1. The second-order valence-electron chi connectivity index (χ2n) is 7.19. The molecule has 0 spiro atoms. The van der Waals surface area contributed by atoms with Gasteiger partial charge in [0.05, 0.1) is 16.3 Å². The third-order valence-electron chi connectivity index (χ3n) is 4.97. The number of fused-ring (bicyclic) bond motifs is 1. The maximum absolute atomic E-state index is 13.1. The van der Waals surface area contributed by atoms with E-state index < -0.39 is 9.84 Å². The quantitative estimate of drug-likeness (QED) is 0.528. The molecule has 0 saturated heterocycles. The van der Waals surface area contributed by atoms with E-state index in [-0.39, 0.29) is 11.7 Å². The summed E-state index contributed by atoms with van der Waals surface area (Å²) in [6.07, 6.45) is 0. The number of carbonyl (C=O) groups is 1. The molecule has 1 aliphatic rings. The Morgan fingerprint density at radius 3 is 2.43 bits per heavy atom. The lowest BCUT2D eigenvalue weighted by molar-refractivity contribution is 0.0987. The number of sulfone groups is 1. The average Bonchev–Trinajstić information content (AvgIpc) is 2.73. The summed E-state index contributed by atoms with van der Waals surface area (Å²) in [6, 6.07) is 19.2. The SMILES string of the molecule is Cc1ccc(S(=O)(=O)Cc2ccc(C(=O)N3CCSc4ccc(Cl)cc43)cc2)cc1. The predicted octanol–water partition coefficient (Wildman–Crippen LogP) is 5.37. The molecule has 0 unspecified atom stereocenters. The van der Waals surface area contributed by atoms with Crippen LogP contribution in [-0.2, 0) is 15.6 Å². The van der Waals surface area contributed by atoms with E-state index in [1.165, 1.54) is 0 Å². The zero-order chi connectivity index (χ0) is 21.3. The van der Waals surface area contributed by atoms with Gasteiger partial charge in [-0.05, 0) is 55.0 Å². The number of thioether (sulfide) groups is 1. The number of amides is 1. The number of benzene rings is 3. The fourth-order valence-corrected chi connectivity index (χ4v) is 5.84. The molecule has 0 bridgehead atoms. The standard InChI is InChI=1S/C23H20ClNO3S2/c1-16-2-9-20(10-3-16)30(27,28)15-17-4-6-18(7-5-17)23(26)25-12-13-29-22-11-8-19(24)14-21(22)25/h2-11,14H,12-13,15H2,1H3. The highest BCUT2D eigenvalue weighted by Gasteiger charge is 2.24. The molecule has 30 heavy (non-hydrogen) atoms. The van der Waals surface area contributed by atoms with E-state index in [1.807, 2.05) is 25.1 Å². The van der Waals surface area contributed by atoms with Gasteiger partial charge in [-0.3, -0.25) is 4.79 Å². The summed E-state index contributed by atoms with van der Waals surface area (Å²) in [7, 11) is -3.44. The Labute approximate surface area is 185 Å². The molecular weight excluding hydrogens is 438 g/mol. The normalized spacial score (nSPS) is 13.7. The third kappa shape index (κ3) is 4.41. The Kier molecular flexibility index (Phi) is 5.91. The third-order valence-corrected chi connectivity index (χ3v) is 7.95. The van der Waals surface area contributed by atoms with Gasteiger partial charge in [-0.25, -0.2) is 8.42 Å². The van der Waals surface area contributed by atoms with Crippen molar-refractivity contribution in [2.75, 3.05) is 17.2 Å². The first-order valence-corrected chi connectivity index (χ1v) is 12.5. The van der Waals surface area contributed by atoms with Crippen molar-refractivity contribution in [3.8, 4) is 0 Å². The zero-order valence-corrected chi connectivity index (χ0v) is 18.7. The Hall–Kier alpha value is -2.28. The van der Waals surface area contributed by atoms with Crippen molar-refractivity contribution >= 4 is 44.8 Å². The monoisotopic (exact) mass is 457 g/mol. The van der Waals surface area contributed by atoms with E-state index in [0.29, 0.717) is 27.6 Å². The van der Waals surface area contributed by atoms with Crippen LogP contribution in [0.25, 0.3) is 0 Å². The lowest BCUT2D eigenvalue weighted by Crippen LogP contribution is -2.35. The van der Waals surface area contributed by atoms with Crippen LogP contribution in [-0.4, -0.2) is 26.6 Å². The number of nitrogens with zero attached hydrogens (tertiary/aromatic N) is 1. The molecule has 4 rings (SSSR count). The van der Waals surface area contributed by atoms with E-state index in [0.717, 1.165) is 21.9 Å². The van der Waals surface area contributed by atoms with Crippen LogP contribution in [0, 0.1) is 6.92 Å². The van der Waals surface area contributed by atoms with Crippen LogP contribution in [0.15, 0.2) is 76.5 Å². The first-order valence-electron chi connectivity index (χ1n) is 9.46. The molecule has 0 aromatic heterocycles. The smallest absolute Gasteiger partial charge is 0.258 e. The van der Waals surface area contributed by atoms with E-state index >= 15 is 0 Å². The number of hydrogen-bond donors (Lipinski definition) is 0. The second-order valence-corrected chi connectivity index (χ2v) is 10.7. The van der Waals surface area contributed by atoms with Gasteiger partial charge in [0.15, 0.2) is 9.84 Å². The van der Waals surface area contributed by atoms with Crippen LogP contribution in [0.5, 0.6) is 0 Å². The predicted molar refractivity (Wildman–Crippen MR) is 122 cm³/mol. The van der Waals surface area contributed by atoms with Gasteiger partial charge < -0.3 is 4.90 Å². The van der Waals surface area contributed by atoms with Crippen LogP contribution in [0.2, 0.25) is 5.02 Å². The van der Waals surface area contributed by atoms with Gasteiger partial charge in [0, 0.05) is 27.8 Å². The molecule has 0 N–H and O–H groups in total. The molecule has 1 aliphatic heterocycles. The number of hydrogen-bond acceptors (Lipinski definition) is 4. The van der Waals surface area contributed by atoms with Crippen molar-refractivity contribution in [2.24, 2.45) is 0 Å². The first kappa shape index (κ1) is 21.0. The van der Waals surface area contributed by atoms with Crippen molar-refractivity contribution in [2.45, 2.75) is 22.5 Å². The number of aryl methyl sites for hydroxylation is 1. The summed E-state index contributed by atoms with van der Waals surface area (Å²) in [6.45, 7) is 2.51. The van der Waals surface area contributed by atoms with Gasteiger partial charge in [0.25, 0.3) is 5.91 Å². The Morgan fingerprint density at radius 1 is 1.03 bits per heavy atom. The van der Waals surface area contributed by atoms with Gasteiger partial charge in [-0.15, -0.1) is 11.8 Å². The minimum Gasteiger partial charge on any atom is -0.306 e. The second kappa shape index (κ2) is 8.46. The van der Waals surface area contributed by atoms with Crippen LogP contribution in [0.4, 0.5) is 5.69 Å². The lowest BCUT2D eigenvalue weighted by Gasteiger charge is -2.29. The highest BCUT2D eigenvalue weighted by molar-refractivity contribution is 7.99. The summed E-state index contributed by atoms with van der Waals surface area (Å²) in [5.74, 6) is 0.586. The lowest BCUT2D eigenvalue weighted by atomic mass is 10.1. The van der Waals surface area contributed by atoms with Gasteiger partial charge in [-0.2, -0.15) is 0 Å². The van der Waals surface area contributed by atoms with Gasteiger partial charge in [0.1, 0.15) is 0 Å². The van der Waals surface area contributed by atoms with Crippen LogP contribution in [0.1, 0.15) is 21.5 Å². The highest BCUT2D eigenvalue weighted by Crippen LogP contribution is 2.37. The van der Waals surface area contributed by atoms with Gasteiger partial charge in [-0.1, -0.05) is 41.4 Å². The molecule has 1 amide bonds. The highest BCUT2D eigenvalue weighted by atomic mass is 35.5. The van der Waals surface area contributed by atoms with Crippen molar-refractivity contribution in [1.82, 2.24) is 0 Å². The molecule has 7 heteroatoms. The maximum Gasteiger partial charge on any atom is 0.258 e. The molecule has 0 aliphatic carbocycles. The van der Waals surface area contributed by atoms with E-state index in [4.69, 9.17) is 11.6 Å². The summed E-state index contributed by atoms with van der Waals surface area (Å²) in [5, 5.41) is 0.589. The number of anilines is 1. The van der Waals surface area contributed by atoms with Gasteiger partial charge >= 0.3 is 0 Å². The molecule has 3 aromatic rings. The van der Waals surface area contributed by atoms with E-state index in [9.17, 15) is 13.2 Å². The van der Waals surface area contributed by atoms with Crippen molar-refractivity contribution < 1.29 is 13.2 Å². The molecule has 0 radical (unpaired) electrons. The van der Waals surface area contributed by atoms with Crippen molar-refractivity contribution in [3.05, 3.63) is 88.4 Å². The molecular formula is C23H20ClNO3S2. The molecule has 3 aromatic carbocycles. The molecule has 0 fully saturated rings. The van der Waals surface area contributed by atoms with Crippen LogP contribution >= 0.6 is 23.4 Å². The molecule has 4 nitrogen and oxygen atoms in total. The summed E-state index contributed by atoms with van der Waals surface area (Å²) in [5.41, 5.74) is 2.99. The number of halogens is 1. The summed E-state index contributed by atoms with van der Waals surface area (Å²) < 4.78 is 25.3. The fraction of sp³-hybridized carbons (Fsp3) is 0.174. The van der Waals surface area contributed by atoms with Crippen molar-refractivity contribution in [3.63, 3.8) is 0 Å². The zero-order valence-electron chi connectivity index (χ0n) is 16.3. The minimum atomic E-state index is -3.44. The van der Waals surface area contributed by atoms with E-state index in [2.05, 4.69) is 0 Å². The van der Waals surface area contributed by atoms with Crippen LogP contribution in [0.3, 0.4) is 0 Å². The molecule has 1 heterocycles. The largest absolute Gasteiger partial charge is 0.306 e. The van der Waals surface area contributed by atoms with Crippen molar-refractivity contribution in [1.29, 1.82) is 0 Å². The summed E-state index contributed by atoms with van der Waals surface area (Å²) in [4.78, 5) is 16.1. The molecule has 0 atom stereocenters. The maximum atomic E-state index is 13.1.